The van der Waals surface area contributed by atoms with Gasteiger partial charge in [0, 0.05) is 16.8 Å². The van der Waals surface area contributed by atoms with Crippen molar-refractivity contribution in [1.29, 1.82) is 0 Å². The van der Waals surface area contributed by atoms with E-state index in [9.17, 15) is 18.0 Å². The van der Waals surface area contributed by atoms with Crippen LogP contribution < -0.4 is 11.4 Å². The average molecular weight is 595 g/mol. The molecule has 3 heterocycles. The summed E-state index contributed by atoms with van der Waals surface area (Å²) in [7, 11) is -2.86. The summed E-state index contributed by atoms with van der Waals surface area (Å²) in [4.78, 5) is 21.7. The molecular weight excluding hydrogens is 565 g/mol. The van der Waals surface area contributed by atoms with Crippen LogP contribution in [0.1, 0.15) is 26.6 Å². The highest BCUT2D eigenvalue weighted by Gasteiger charge is 2.48. The zero-order valence-electron chi connectivity index (χ0n) is 22.6. The van der Waals surface area contributed by atoms with Crippen molar-refractivity contribution in [2.24, 2.45) is 0 Å². The van der Waals surface area contributed by atoms with Crippen molar-refractivity contribution in [1.82, 2.24) is 34.1 Å². The zero-order chi connectivity index (χ0) is 29.5. The summed E-state index contributed by atoms with van der Waals surface area (Å²) in [6.07, 6.45) is -4.01. The van der Waals surface area contributed by atoms with Gasteiger partial charge < -0.3 is 10.2 Å². The summed E-state index contributed by atoms with van der Waals surface area (Å²) >= 11 is 6.02. The molecule has 4 rings (SSSR count). The van der Waals surface area contributed by atoms with Crippen molar-refractivity contribution in [3.05, 3.63) is 70.3 Å². The van der Waals surface area contributed by atoms with Gasteiger partial charge in [0.15, 0.2) is 26.1 Å². The molecule has 10 nitrogen and oxygen atoms in total. The Kier molecular flexibility index (Phi) is 7.98. The molecule has 1 atom stereocenters. The van der Waals surface area contributed by atoms with Crippen molar-refractivity contribution in [2.75, 3.05) is 5.73 Å². The standard InChI is InChI=1S/C25H30ClF3N8O2Si/c1-24(2,3)40(4,5)39-19(25(27,28)29)13-35-22(16-8-10-17(26)11-9-16)34-36(23(35)38)14-20-32-15-37(33-20)18-7-6-12-31-21(18)30/h6-12,15,19H,13-14H2,1-5H3,(H2,30,31). The third-order valence-corrected chi connectivity index (χ3v) is 11.6. The lowest BCUT2D eigenvalue weighted by molar-refractivity contribution is -0.202. The molecule has 3 aromatic heterocycles. The second-order valence-corrected chi connectivity index (χ2v) is 16.0. The van der Waals surface area contributed by atoms with Crippen LogP contribution in [0.15, 0.2) is 53.7 Å². The van der Waals surface area contributed by atoms with Crippen LogP contribution in [0.25, 0.3) is 17.1 Å². The van der Waals surface area contributed by atoms with Crippen molar-refractivity contribution < 1.29 is 17.6 Å². The van der Waals surface area contributed by atoms with Gasteiger partial charge in [0.25, 0.3) is 0 Å². The Morgan fingerprint density at radius 1 is 1.07 bits per heavy atom. The normalized spacial score (nSPS) is 13.5. The number of hydrogen-bond acceptors (Lipinski definition) is 7. The Morgan fingerprint density at radius 3 is 2.35 bits per heavy atom. The number of benzene rings is 1. The minimum atomic E-state index is -4.72. The fraction of sp³-hybridized carbons (Fsp3) is 0.400. The van der Waals surface area contributed by atoms with E-state index in [-0.39, 0.29) is 24.0 Å². The van der Waals surface area contributed by atoms with Crippen LogP contribution >= 0.6 is 11.6 Å². The first-order chi connectivity index (χ1) is 18.6. The largest absolute Gasteiger partial charge is 0.415 e. The smallest absolute Gasteiger partial charge is 0.404 e. The maximum atomic E-state index is 14.3. The Bertz CT molecular complexity index is 1540. The lowest BCUT2D eigenvalue weighted by Gasteiger charge is -2.39. The number of halogens is 4. The Labute approximate surface area is 234 Å². The number of aromatic nitrogens is 7. The molecule has 40 heavy (non-hydrogen) atoms. The zero-order valence-corrected chi connectivity index (χ0v) is 24.4. The van der Waals surface area contributed by atoms with Crippen LogP contribution in [0, 0.1) is 0 Å². The summed E-state index contributed by atoms with van der Waals surface area (Å²) in [6.45, 7) is 8.04. The first-order valence-electron chi connectivity index (χ1n) is 12.4. The van der Waals surface area contributed by atoms with Crippen LogP contribution in [0.2, 0.25) is 23.2 Å². The van der Waals surface area contributed by atoms with Crippen LogP contribution in [-0.4, -0.2) is 54.7 Å². The van der Waals surface area contributed by atoms with Gasteiger partial charge >= 0.3 is 11.9 Å². The number of nitrogens with zero attached hydrogens (tertiary/aromatic N) is 7. The van der Waals surface area contributed by atoms with Crippen molar-refractivity contribution in [3.63, 3.8) is 0 Å². The molecule has 0 amide bonds. The molecule has 15 heteroatoms. The second kappa shape index (κ2) is 10.8. The maximum absolute atomic E-state index is 14.3. The topological polar surface area (TPSA) is 119 Å². The van der Waals surface area contributed by atoms with Crippen molar-refractivity contribution >= 4 is 25.7 Å². The highest BCUT2D eigenvalue weighted by atomic mass is 35.5. The van der Waals surface area contributed by atoms with Gasteiger partial charge in [-0.3, -0.25) is 4.57 Å². The van der Waals surface area contributed by atoms with Crippen molar-refractivity contribution in [3.8, 4) is 17.1 Å². The van der Waals surface area contributed by atoms with Gasteiger partial charge in [0.2, 0.25) is 0 Å². The number of rotatable bonds is 8. The fourth-order valence-electron chi connectivity index (χ4n) is 3.65. The van der Waals surface area contributed by atoms with E-state index in [0.717, 1.165) is 9.25 Å². The molecule has 0 aliphatic rings. The minimum absolute atomic E-state index is 0.0330. The van der Waals surface area contributed by atoms with E-state index in [1.165, 1.54) is 17.2 Å². The van der Waals surface area contributed by atoms with Gasteiger partial charge in [-0.25, -0.2) is 24.1 Å². The van der Waals surface area contributed by atoms with E-state index in [2.05, 4.69) is 20.2 Å². The predicted molar refractivity (Wildman–Crippen MR) is 148 cm³/mol. The summed E-state index contributed by atoms with van der Waals surface area (Å²) in [5.41, 5.74) is 6.03. The molecule has 0 radical (unpaired) electrons. The van der Waals surface area contributed by atoms with E-state index in [0.29, 0.717) is 16.3 Å². The quantitative estimate of drug-likeness (QED) is 0.287. The third-order valence-electron chi connectivity index (χ3n) is 6.88. The lowest BCUT2D eigenvalue weighted by atomic mass is 10.2. The summed E-state index contributed by atoms with van der Waals surface area (Å²) in [6, 6.07) is 9.68. The van der Waals surface area contributed by atoms with Gasteiger partial charge in [-0.05, 0) is 54.5 Å². The first kappa shape index (κ1) is 29.5. The Hall–Kier alpha value is -3.49. The molecule has 0 aliphatic heterocycles. The molecule has 0 fully saturated rings. The summed E-state index contributed by atoms with van der Waals surface area (Å²) in [5.74, 6) is 0.457. The van der Waals surface area contributed by atoms with Gasteiger partial charge in [0.1, 0.15) is 24.4 Å². The monoisotopic (exact) mass is 594 g/mol. The molecule has 0 spiro atoms. The summed E-state index contributed by atoms with van der Waals surface area (Å²) < 4.78 is 52.1. The summed E-state index contributed by atoms with van der Waals surface area (Å²) in [5, 5.41) is 8.66. The predicted octanol–water partition coefficient (Wildman–Crippen LogP) is 4.92. The molecule has 4 aromatic rings. The molecule has 0 saturated heterocycles. The SMILES string of the molecule is CC(C)(C)[Si](C)(C)OC(Cn1c(-c2ccc(Cl)cc2)nn(Cc2ncn(-c3cccnc3N)n2)c1=O)C(F)(F)F. The lowest BCUT2D eigenvalue weighted by Crippen LogP contribution is -2.50. The van der Waals surface area contributed by atoms with Crippen LogP contribution in [-0.2, 0) is 17.5 Å². The minimum Gasteiger partial charge on any atom is -0.404 e. The molecule has 214 valence electrons. The van der Waals surface area contributed by atoms with Gasteiger partial charge in [0.05, 0.1) is 6.54 Å². The van der Waals surface area contributed by atoms with Gasteiger partial charge in [-0.2, -0.15) is 13.2 Å². The Balaban J connectivity index is 1.74. The number of pyridine rings is 1. The van der Waals surface area contributed by atoms with Crippen LogP contribution in [0.4, 0.5) is 19.0 Å². The fourth-order valence-corrected chi connectivity index (χ4v) is 5.05. The number of nitrogen functional groups attached to an aromatic ring is 1. The van der Waals surface area contributed by atoms with E-state index in [1.807, 2.05) is 20.8 Å². The third kappa shape index (κ3) is 6.29. The van der Waals surface area contributed by atoms with Crippen LogP contribution in [0.5, 0.6) is 0 Å². The second-order valence-electron chi connectivity index (χ2n) is 10.8. The molecule has 0 aliphatic carbocycles. The van der Waals surface area contributed by atoms with E-state index >= 15 is 0 Å². The number of hydrogen-bond donors (Lipinski definition) is 1. The maximum Gasteiger partial charge on any atom is 0.415 e. The highest BCUT2D eigenvalue weighted by Crippen LogP contribution is 2.40. The molecule has 2 N–H and O–H groups in total. The molecule has 0 bridgehead atoms. The van der Waals surface area contributed by atoms with E-state index < -0.39 is 37.9 Å². The number of nitrogens with two attached hydrogens (primary N) is 1. The van der Waals surface area contributed by atoms with E-state index in [4.69, 9.17) is 21.8 Å². The molecule has 0 saturated carbocycles. The average Bonchev–Trinajstić information content (AvgIpc) is 3.43. The molecule has 1 unspecified atom stereocenters. The molecular formula is C25H30ClF3N8O2Si. The Morgan fingerprint density at radius 2 is 1.75 bits per heavy atom. The van der Waals surface area contributed by atoms with Gasteiger partial charge in [-0.15, -0.1) is 10.2 Å². The van der Waals surface area contributed by atoms with Crippen molar-refractivity contribution in [2.45, 2.75) is 64.3 Å². The van der Waals surface area contributed by atoms with Gasteiger partial charge in [-0.1, -0.05) is 32.4 Å². The van der Waals surface area contributed by atoms with E-state index in [1.54, 1.807) is 49.5 Å². The highest BCUT2D eigenvalue weighted by molar-refractivity contribution is 6.74. The number of anilines is 1. The molecule has 1 aromatic carbocycles. The number of alkyl halides is 3. The first-order valence-corrected chi connectivity index (χ1v) is 15.6. The van der Waals surface area contributed by atoms with Crippen LogP contribution in [0.3, 0.4) is 0 Å².